The molecule has 0 aromatic carbocycles. The maximum absolute atomic E-state index is 10.9. The zero-order chi connectivity index (χ0) is 11.4. The molecule has 82 valence electrons. The second kappa shape index (κ2) is 4.49. The maximum atomic E-state index is 10.9. The minimum atomic E-state index is -0.948. The van der Waals surface area contributed by atoms with Crippen molar-refractivity contribution in [2.45, 2.75) is 25.8 Å². The van der Waals surface area contributed by atoms with Crippen LogP contribution < -0.4 is 5.73 Å². The van der Waals surface area contributed by atoms with Crippen LogP contribution in [0.5, 0.6) is 0 Å². The number of carbonyl (C=O) groups is 2. The third kappa shape index (κ3) is 2.73. The smallest absolute Gasteiger partial charge is 0.303 e. The molecule has 1 rings (SSSR count). The van der Waals surface area contributed by atoms with Gasteiger partial charge in [-0.15, -0.1) is 5.10 Å². The fourth-order valence-corrected chi connectivity index (χ4v) is 1.02. The van der Waals surface area contributed by atoms with E-state index < -0.39 is 17.9 Å². The fraction of sp³-hybridized carbons (Fsp3) is 0.571. The van der Waals surface area contributed by atoms with E-state index in [0.29, 0.717) is 5.82 Å². The van der Waals surface area contributed by atoms with E-state index in [0.717, 1.165) is 0 Å². The Kier molecular flexibility index (Phi) is 3.32. The van der Waals surface area contributed by atoms with Crippen molar-refractivity contribution in [3.63, 3.8) is 0 Å². The first-order chi connectivity index (χ1) is 7.02. The van der Waals surface area contributed by atoms with Crippen LogP contribution in [0.1, 0.15) is 25.2 Å². The van der Waals surface area contributed by atoms with E-state index in [1.807, 2.05) is 0 Å². The van der Waals surface area contributed by atoms with Gasteiger partial charge in [0, 0.05) is 6.42 Å². The molecule has 15 heavy (non-hydrogen) atoms. The molecule has 0 spiro atoms. The normalized spacial score (nSPS) is 12.3. The first-order valence-corrected chi connectivity index (χ1v) is 4.30. The molecule has 1 heterocycles. The third-order valence-electron chi connectivity index (χ3n) is 1.90. The molecule has 1 unspecified atom stereocenters. The third-order valence-corrected chi connectivity index (χ3v) is 1.90. The van der Waals surface area contributed by atoms with Gasteiger partial charge in [0.05, 0.1) is 6.42 Å². The molecule has 1 amide bonds. The molecule has 0 saturated heterocycles. The monoisotopic (exact) mass is 213 g/mol. The quantitative estimate of drug-likeness (QED) is 0.628. The van der Waals surface area contributed by atoms with Crippen molar-refractivity contribution in [2.75, 3.05) is 0 Å². The van der Waals surface area contributed by atoms with Gasteiger partial charge in [0.2, 0.25) is 5.91 Å². The highest BCUT2D eigenvalue weighted by Crippen LogP contribution is 2.06. The van der Waals surface area contributed by atoms with Gasteiger partial charge in [0.25, 0.3) is 0 Å². The van der Waals surface area contributed by atoms with Gasteiger partial charge in [0.1, 0.15) is 6.04 Å². The largest absolute Gasteiger partial charge is 0.481 e. The summed E-state index contributed by atoms with van der Waals surface area (Å²) >= 11 is 0. The molecule has 0 radical (unpaired) electrons. The van der Waals surface area contributed by atoms with E-state index in [2.05, 4.69) is 15.5 Å². The van der Waals surface area contributed by atoms with Crippen LogP contribution in [0.2, 0.25) is 0 Å². The summed E-state index contributed by atoms with van der Waals surface area (Å²) in [4.78, 5) is 21.2. The number of aromatic nitrogens is 4. The average Bonchev–Trinajstić information content (AvgIpc) is 2.60. The summed E-state index contributed by atoms with van der Waals surface area (Å²) in [6.45, 7) is 1.54. The van der Waals surface area contributed by atoms with Crippen molar-refractivity contribution < 1.29 is 14.7 Å². The molecule has 1 aromatic heterocycles. The Balaban J connectivity index is 2.77. The number of hydrogen-bond donors (Lipinski definition) is 2. The van der Waals surface area contributed by atoms with Gasteiger partial charge in [-0.1, -0.05) is 0 Å². The summed E-state index contributed by atoms with van der Waals surface area (Å²) in [6, 6.07) is -0.677. The second-order valence-electron chi connectivity index (χ2n) is 3.01. The van der Waals surface area contributed by atoms with Gasteiger partial charge in [-0.05, 0) is 17.4 Å². The van der Waals surface area contributed by atoms with E-state index in [1.165, 1.54) is 4.68 Å². The number of aryl methyl sites for hydroxylation is 1. The van der Waals surface area contributed by atoms with Crippen molar-refractivity contribution in [1.82, 2.24) is 20.2 Å². The van der Waals surface area contributed by atoms with Crippen LogP contribution >= 0.6 is 0 Å². The first-order valence-electron chi connectivity index (χ1n) is 4.30. The highest BCUT2D eigenvalue weighted by molar-refractivity contribution is 5.77. The van der Waals surface area contributed by atoms with Gasteiger partial charge >= 0.3 is 5.97 Å². The first kappa shape index (κ1) is 11.1. The van der Waals surface area contributed by atoms with Crippen LogP contribution in [-0.2, 0) is 16.0 Å². The molecule has 1 aromatic rings. The number of carboxylic acid groups (broad SMARTS) is 1. The maximum Gasteiger partial charge on any atom is 0.303 e. The van der Waals surface area contributed by atoms with Crippen molar-refractivity contribution in [3.8, 4) is 0 Å². The molecule has 8 heteroatoms. The summed E-state index contributed by atoms with van der Waals surface area (Å²) in [5.74, 6) is -1.18. The summed E-state index contributed by atoms with van der Waals surface area (Å²) in [7, 11) is 0. The summed E-state index contributed by atoms with van der Waals surface area (Å²) < 4.78 is 1.23. The topological polar surface area (TPSA) is 124 Å². The molecular weight excluding hydrogens is 202 g/mol. The number of primary amides is 1. The molecular formula is C7H11N5O3. The highest BCUT2D eigenvalue weighted by atomic mass is 16.4. The van der Waals surface area contributed by atoms with Crippen molar-refractivity contribution in [3.05, 3.63) is 5.82 Å². The molecule has 0 bridgehead atoms. The molecule has 0 fully saturated rings. The van der Waals surface area contributed by atoms with Gasteiger partial charge in [-0.3, -0.25) is 9.59 Å². The number of nitrogens with zero attached hydrogens (tertiary/aromatic N) is 4. The van der Waals surface area contributed by atoms with E-state index in [4.69, 9.17) is 10.8 Å². The Morgan fingerprint density at radius 1 is 1.60 bits per heavy atom. The molecule has 0 aliphatic rings. The number of tetrazole rings is 1. The Hall–Kier alpha value is -1.99. The van der Waals surface area contributed by atoms with Crippen molar-refractivity contribution >= 4 is 11.9 Å². The van der Waals surface area contributed by atoms with Gasteiger partial charge < -0.3 is 10.8 Å². The number of amides is 1. The number of aliphatic carboxylic acids is 1. The zero-order valence-corrected chi connectivity index (χ0v) is 8.12. The van der Waals surface area contributed by atoms with Crippen molar-refractivity contribution in [2.24, 2.45) is 5.73 Å². The fourth-order valence-electron chi connectivity index (χ4n) is 1.02. The lowest BCUT2D eigenvalue weighted by Gasteiger charge is -2.08. The lowest BCUT2D eigenvalue weighted by atomic mass is 10.2. The Morgan fingerprint density at radius 2 is 2.27 bits per heavy atom. The Morgan fingerprint density at radius 3 is 2.80 bits per heavy atom. The number of nitrogens with two attached hydrogens (primary N) is 1. The zero-order valence-electron chi connectivity index (χ0n) is 8.12. The molecule has 0 aliphatic heterocycles. The highest BCUT2D eigenvalue weighted by Gasteiger charge is 2.17. The van der Waals surface area contributed by atoms with Crippen LogP contribution in [0.3, 0.4) is 0 Å². The number of rotatable bonds is 5. The minimum Gasteiger partial charge on any atom is -0.481 e. The van der Waals surface area contributed by atoms with Crippen LogP contribution in [0.4, 0.5) is 0 Å². The molecule has 1 atom stereocenters. The second-order valence-corrected chi connectivity index (χ2v) is 3.01. The van der Waals surface area contributed by atoms with Crippen LogP contribution in [0, 0.1) is 0 Å². The average molecular weight is 213 g/mol. The lowest BCUT2D eigenvalue weighted by molar-refractivity contribution is -0.137. The standard InChI is InChI=1S/C7H11N5O3/c1-4(7(8)15)12-5(9-10-11-12)2-3-6(13)14/h4H,2-3H2,1H3,(H2,8,15)(H,13,14). The van der Waals surface area contributed by atoms with Gasteiger partial charge in [0.15, 0.2) is 5.82 Å². The number of hydrogen-bond acceptors (Lipinski definition) is 5. The summed E-state index contributed by atoms with van der Waals surface area (Å²) in [5.41, 5.74) is 5.08. The molecule has 3 N–H and O–H groups in total. The summed E-state index contributed by atoms with van der Waals surface area (Å²) in [5, 5.41) is 19.0. The van der Waals surface area contributed by atoms with E-state index in [1.54, 1.807) is 6.92 Å². The summed E-state index contributed by atoms with van der Waals surface area (Å²) in [6.07, 6.45) is 0.0752. The lowest BCUT2D eigenvalue weighted by Crippen LogP contribution is -2.26. The number of carboxylic acids is 1. The minimum absolute atomic E-state index is 0.0914. The number of carbonyl (C=O) groups excluding carboxylic acids is 1. The van der Waals surface area contributed by atoms with E-state index in [9.17, 15) is 9.59 Å². The predicted octanol–water partition coefficient (Wildman–Crippen LogP) is -1.26. The van der Waals surface area contributed by atoms with Crippen LogP contribution in [0.25, 0.3) is 0 Å². The van der Waals surface area contributed by atoms with E-state index in [-0.39, 0.29) is 12.8 Å². The van der Waals surface area contributed by atoms with Crippen LogP contribution in [-0.4, -0.2) is 37.2 Å². The van der Waals surface area contributed by atoms with Gasteiger partial charge in [-0.25, -0.2) is 4.68 Å². The SMILES string of the molecule is CC(C(N)=O)n1nnnc1CCC(=O)O. The Labute approximate surface area is 85.1 Å². The molecule has 0 saturated carbocycles. The Bertz CT molecular complexity index is 374. The molecule has 8 nitrogen and oxygen atoms in total. The predicted molar refractivity (Wildman–Crippen MR) is 47.7 cm³/mol. The van der Waals surface area contributed by atoms with E-state index >= 15 is 0 Å². The van der Waals surface area contributed by atoms with Crippen molar-refractivity contribution in [1.29, 1.82) is 0 Å². The van der Waals surface area contributed by atoms with Gasteiger partial charge in [-0.2, -0.15) is 0 Å². The molecule has 0 aliphatic carbocycles. The van der Waals surface area contributed by atoms with Crippen LogP contribution in [0.15, 0.2) is 0 Å².